The summed E-state index contributed by atoms with van der Waals surface area (Å²) in [7, 11) is 0. The van der Waals surface area contributed by atoms with Gasteiger partial charge in [0.15, 0.2) is 0 Å². The van der Waals surface area contributed by atoms with Crippen LogP contribution in [-0.2, 0) is 0 Å². The van der Waals surface area contributed by atoms with Gasteiger partial charge in [-0.2, -0.15) is 0 Å². The number of para-hydroxylation sites is 1. The Morgan fingerprint density at radius 1 is 1.38 bits per heavy atom. The SMILES string of the molecule is CC(C)CC(C)C1CNc2c(Cl)cccc21. The molecule has 2 atom stereocenters. The van der Waals surface area contributed by atoms with Crippen LogP contribution in [-0.4, -0.2) is 6.54 Å². The minimum atomic E-state index is 0.621. The summed E-state index contributed by atoms with van der Waals surface area (Å²) in [5.41, 5.74) is 2.56. The summed E-state index contributed by atoms with van der Waals surface area (Å²) in [6.45, 7) is 7.96. The third kappa shape index (κ3) is 2.20. The van der Waals surface area contributed by atoms with E-state index < -0.39 is 0 Å². The van der Waals surface area contributed by atoms with Crippen LogP contribution in [0.1, 0.15) is 38.7 Å². The van der Waals surface area contributed by atoms with Gasteiger partial charge in [-0.15, -0.1) is 0 Å². The Balaban J connectivity index is 2.20. The van der Waals surface area contributed by atoms with Gasteiger partial charge in [-0.05, 0) is 29.9 Å². The number of anilines is 1. The third-order valence-electron chi connectivity index (χ3n) is 3.47. The van der Waals surface area contributed by atoms with Crippen LogP contribution in [0.5, 0.6) is 0 Å². The van der Waals surface area contributed by atoms with Gasteiger partial charge in [0.1, 0.15) is 0 Å². The molecule has 2 unspecified atom stereocenters. The van der Waals surface area contributed by atoms with Crippen molar-refractivity contribution in [2.75, 3.05) is 11.9 Å². The molecular formula is C14H20ClN. The molecule has 0 aromatic heterocycles. The van der Waals surface area contributed by atoms with E-state index in [1.807, 2.05) is 6.07 Å². The molecule has 0 radical (unpaired) electrons. The minimum absolute atomic E-state index is 0.621. The standard InChI is InChI=1S/C14H20ClN/c1-9(2)7-10(3)12-8-16-14-11(12)5-4-6-13(14)15/h4-6,9-10,12,16H,7-8H2,1-3H3. The monoisotopic (exact) mass is 237 g/mol. The van der Waals surface area contributed by atoms with Crippen molar-refractivity contribution in [3.63, 3.8) is 0 Å². The van der Waals surface area contributed by atoms with Crippen molar-refractivity contribution in [1.29, 1.82) is 0 Å². The summed E-state index contributed by atoms with van der Waals surface area (Å²) in [5, 5.41) is 4.30. The second-order valence-corrected chi connectivity index (χ2v) is 5.71. The van der Waals surface area contributed by atoms with Gasteiger partial charge < -0.3 is 5.32 Å². The van der Waals surface area contributed by atoms with E-state index >= 15 is 0 Å². The Labute approximate surface area is 103 Å². The maximum atomic E-state index is 6.18. The van der Waals surface area contributed by atoms with E-state index in [0.29, 0.717) is 11.8 Å². The number of nitrogens with one attached hydrogen (secondary N) is 1. The number of rotatable bonds is 3. The van der Waals surface area contributed by atoms with Crippen molar-refractivity contribution in [2.45, 2.75) is 33.1 Å². The van der Waals surface area contributed by atoms with E-state index in [-0.39, 0.29) is 0 Å². The lowest BCUT2D eigenvalue weighted by molar-refractivity contribution is 0.388. The zero-order valence-electron chi connectivity index (χ0n) is 10.3. The van der Waals surface area contributed by atoms with Gasteiger partial charge in [0.05, 0.1) is 10.7 Å². The maximum Gasteiger partial charge on any atom is 0.0640 e. The Bertz CT molecular complexity index is 373. The minimum Gasteiger partial charge on any atom is -0.383 e. The average Bonchev–Trinajstić information content (AvgIpc) is 2.61. The van der Waals surface area contributed by atoms with Crippen molar-refractivity contribution >= 4 is 17.3 Å². The molecule has 0 saturated heterocycles. The fourth-order valence-electron chi connectivity index (χ4n) is 2.77. The van der Waals surface area contributed by atoms with Crippen LogP contribution in [0.3, 0.4) is 0 Å². The second kappa shape index (κ2) is 4.67. The fraction of sp³-hybridized carbons (Fsp3) is 0.571. The first-order valence-corrected chi connectivity index (χ1v) is 6.49. The van der Waals surface area contributed by atoms with Crippen LogP contribution in [0, 0.1) is 11.8 Å². The van der Waals surface area contributed by atoms with Gasteiger partial charge in [0, 0.05) is 12.5 Å². The summed E-state index contributed by atoms with van der Waals surface area (Å²) in [4.78, 5) is 0. The van der Waals surface area contributed by atoms with Crippen LogP contribution < -0.4 is 5.32 Å². The number of fused-ring (bicyclic) bond motifs is 1. The molecule has 0 amide bonds. The van der Waals surface area contributed by atoms with Gasteiger partial charge in [-0.3, -0.25) is 0 Å². The highest BCUT2D eigenvalue weighted by molar-refractivity contribution is 6.33. The highest BCUT2D eigenvalue weighted by Gasteiger charge is 2.28. The first kappa shape index (κ1) is 11.8. The third-order valence-corrected chi connectivity index (χ3v) is 3.79. The summed E-state index contributed by atoms with van der Waals surface area (Å²) < 4.78 is 0. The Kier molecular flexibility index (Phi) is 3.44. The molecule has 2 heteroatoms. The van der Waals surface area contributed by atoms with Crippen LogP contribution in [0.2, 0.25) is 5.02 Å². The zero-order chi connectivity index (χ0) is 11.7. The topological polar surface area (TPSA) is 12.0 Å². The van der Waals surface area contributed by atoms with Gasteiger partial charge in [-0.1, -0.05) is 44.5 Å². The molecule has 2 rings (SSSR count). The zero-order valence-corrected chi connectivity index (χ0v) is 11.0. The van der Waals surface area contributed by atoms with Crippen LogP contribution >= 0.6 is 11.6 Å². The highest BCUT2D eigenvalue weighted by Crippen LogP contribution is 2.41. The normalized spacial score (nSPS) is 20.7. The molecule has 16 heavy (non-hydrogen) atoms. The Morgan fingerprint density at radius 2 is 2.12 bits per heavy atom. The Hall–Kier alpha value is -0.690. The summed E-state index contributed by atoms with van der Waals surface area (Å²) in [5.74, 6) is 2.10. The fourth-order valence-corrected chi connectivity index (χ4v) is 3.02. The molecule has 0 bridgehead atoms. The van der Waals surface area contributed by atoms with Gasteiger partial charge in [0.25, 0.3) is 0 Å². The van der Waals surface area contributed by atoms with E-state index in [9.17, 15) is 0 Å². The molecule has 0 fully saturated rings. The molecule has 0 aliphatic carbocycles. The van der Waals surface area contributed by atoms with Crippen molar-refractivity contribution < 1.29 is 0 Å². The molecule has 1 aliphatic heterocycles. The van der Waals surface area contributed by atoms with E-state index in [1.165, 1.54) is 12.0 Å². The molecule has 1 aromatic carbocycles. The van der Waals surface area contributed by atoms with E-state index in [1.54, 1.807) is 0 Å². The smallest absolute Gasteiger partial charge is 0.0640 e. The Morgan fingerprint density at radius 3 is 2.81 bits per heavy atom. The average molecular weight is 238 g/mol. The largest absolute Gasteiger partial charge is 0.383 e. The van der Waals surface area contributed by atoms with Crippen molar-refractivity contribution in [3.8, 4) is 0 Å². The lowest BCUT2D eigenvalue weighted by atomic mass is 9.83. The first-order valence-electron chi connectivity index (χ1n) is 6.12. The van der Waals surface area contributed by atoms with Gasteiger partial charge >= 0.3 is 0 Å². The second-order valence-electron chi connectivity index (χ2n) is 5.30. The number of benzene rings is 1. The van der Waals surface area contributed by atoms with Crippen LogP contribution in [0.25, 0.3) is 0 Å². The van der Waals surface area contributed by atoms with E-state index in [2.05, 4.69) is 38.2 Å². The summed E-state index contributed by atoms with van der Waals surface area (Å²) in [6, 6.07) is 6.23. The molecule has 0 spiro atoms. The van der Waals surface area contributed by atoms with Gasteiger partial charge in [0.2, 0.25) is 0 Å². The van der Waals surface area contributed by atoms with Crippen molar-refractivity contribution in [2.24, 2.45) is 11.8 Å². The lowest BCUT2D eigenvalue weighted by Crippen LogP contribution is -2.14. The maximum absolute atomic E-state index is 6.18. The summed E-state index contributed by atoms with van der Waals surface area (Å²) in [6.07, 6.45) is 1.28. The number of hydrogen-bond acceptors (Lipinski definition) is 1. The molecule has 88 valence electrons. The number of hydrogen-bond donors (Lipinski definition) is 1. The molecule has 1 aliphatic rings. The lowest BCUT2D eigenvalue weighted by Gasteiger charge is -2.21. The van der Waals surface area contributed by atoms with Crippen LogP contribution in [0.4, 0.5) is 5.69 Å². The highest BCUT2D eigenvalue weighted by atomic mass is 35.5. The summed E-state index contributed by atoms with van der Waals surface area (Å²) >= 11 is 6.18. The van der Waals surface area contributed by atoms with E-state index in [4.69, 9.17) is 11.6 Å². The molecule has 1 aromatic rings. The molecular weight excluding hydrogens is 218 g/mol. The van der Waals surface area contributed by atoms with E-state index in [0.717, 1.165) is 23.2 Å². The molecule has 1 N–H and O–H groups in total. The first-order chi connectivity index (χ1) is 7.59. The predicted octanol–water partition coefficient (Wildman–Crippen LogP) is 4.53. The van der Waals surface area contributed by atoms with Gasteiger partial charge in [-0.25, -0.2) is 0 Å². The number of halogens is 1. The quantitative estimate of drug-likeness (QED) is 0.815. The molecule has 1 nitrogen and oxygen atoms in total. The van der Waals surface area contributed by atoms with Crippen LogP contribution in [0.15, 0.2) is 18.2 Å². The molecule has 1 heterocycles. The predicted molar refractivity (Wildman–Crippen MR) is 71.3 cm³/mol. The van der Waals surface area contributed by atoms with Crippen molar-refractivity contribution in [1.82, 2.24) is 0 Å². The molecule has 0 saturated carbocycles. The van der Waals surface area contributed by atoms with Crippen molar-refractivity contribution in [3.05, 3.63) is 28.8 Å².